The summed E-state index contributed by atoms with van der Waals surface area (Å²) in [6.45, 7) is 7.19. The fraction of sp³-hybridized carbons (Fsp3) is 0.214. The first-order chi connectivity index (χ1) is 15.8. The molecule has 33 heavy (non-hydrogen) atoms. The van der Waals surface area contributed by atoms with Gasteiger partial charge in [0.15, 0.2) is 0 Å². The van der Waals surface area contributed by atoms with Crippen molar-refractivity contribution < 1.29 is 9.59 Å². The lowest BCUT2D eigenvalue weighted by Crippen LogP contribution is -2.37. The summed E-state index contributed by atoms with van der Waals surface area (Å²) in [4.78, 5) is 31.0. The average Bonchev–Trinajstić information content (AvgIpc) is 3.05. The van der Waals surface area contributed by atoms with Gasteiger partial charge in [0.2, 0.25) is 0 Å². The fourth-order valence-corrected chi connectivity index (χ4v) is 4.97. The zero-order valence-electron chi connectivity index (χ0n) is 19.0. The van der Waals surface area contributed by atoms with E-state index in [1.165, 1.54) is 16.0 Å². The molecule has 2 amide bonds. The molecule has 0 saturated carbocycles. The van der Waals surface area contributed by atoms with E-state index in [0.717, 1.165) is 28.7 Å². The third kappa shape index (κ3) is 3.65. The van der Waals surface area contributed by atoms with Crippen molar-refractivity contribution in [1.82, 2.24) is 4.90 Å². The maximum atomic E-state index is 13.8. The highest BCUT2D eigenvalue weighted by Crippen LogP contribution is 2.38. The smallest absolute Gasteiger partial charge is 0.282 e. The molecule has 4 nitrogen and oxygen atoms in total. The van der Waals surface area contributed by atoms with E-state index in [9.17, 15) is 9.59 Å². The molecular formula is C28H25ClN2O2. The molecule has 0 bridgehead atoms. The van der Waals surface area contributed by atoms with Crippen molar-refractivity contribution in [2.24, 2.45) is 0 Å². The van der Waals surface area contributed by atoms with Gasteiger partial charge in [0.25, 0.3) is 11.8 Å². The van der Waals surface area contributed by atoms with Gasteiger partial charge in [-0.3, -0.25) is 9.59 Å². The molecule has 0 spiro atoms. The van der Waals surface area contributed by atoms with Crippen LogP contribution in [0.25, 0.3) is 5.57 Å². The van der Waals surface area contributed by atoms with E-state index in [1.807, 2.05) is 51.1 Å². The molecule has 2 aliphatic heterocycles. The molecule has 2 heterocycles. The summed E-state index contributed by atoms with van der Waals surface area (Å²) < 4.78 is 0. The summed E-state index contributed by atoms with van der Waals surface area (Å²) in [5.41, 5.74) is 7.70. The molecule has 2 aliphatic rings. The first-order valence-electron chi connectivity index (χ1n) is 11.1. The van der Waals surface area contributed by atoms with Gasteiger partial charge < -0.3 is 4.90 Å². The molecule has 0 fully saturated rings. The lowest BCUT2D eigenvalue weighted by Gasteiger charge is -2.31. The lowest BCUT2D eigenvalue weighted by molar-refractivity contribution is -0.120. The Balaban J connectivity index is 1.65. The Morgan fingerprint density at radius 2 is 1.58 bits per heavy atom. The SMILES string of the molecule is Cc1ccc(C2=C(N3CCc4ccccc4C3)C(=O)N(c3ccc(C)c(Cl)c3)C2=O)c(C)c1. The Morgan fingerprint density at radius 1 is 0.818 bits per heavy atom. The van der Waals surface area contributed by atoms with Crippen LogP contribution in [-0.2, 0) is 22.6 Å². The standard InChI is InChI=1S/C28H25ClN2O2/c1-17-8-11-23(19(3)14-17)25-26(30-13-12-20-6-4-5-7-21(20)16-30)28(33)31(27(25)32)22-10-9-18(2)24(29)15-22/h4-11,14-15H,12-13,16H2,1-3H3. The predicted molar refractivity (Wildman–Crippen MR) is 132 cm³/mol. The van der Waals surface area contributed by atoms with Crippen molar-refractivity contribution in [1.29, 1.82) is 0 Å². The highest BCUT2D eigenvalue weighted by atomic mass is 35.5. The third-order valence-electron chi connectivity index (χ3n) is 6.57. The van der Waals surface area contributed by atoms with Gasteiger partial charge in [0.1, 0.15) is 5.70 Å². The van der Waals surface area contributed by atoms with Crippen LogP contribution >= 0.6 is 11.6 Å². The molecule has 3 aromatic carbocycles. The number of halogens is 1. The lowest BCUT2D eigenvalue weighted by atomic mass is 9.95. The summed E-state index contributed by atoms with van der Waals surface area (Å²) in [5, 5.41) is 0.529. The number of benzene rings is 3. The van der Waals surface area contributed by atoms with E-state index in [1.54, 1.807) is 12.1 Å². The van der Waals surface area contributed by atoms with E-state index in [0.29, 0.717) is 35.1 Å². The van der Waals surface area contributed by atoms with Crippen LogP contribution in [0.15, 0.2) is 66.4 Å². The largest absolute Gasteiger partial charge is 0.362 e. The normalized spacial score (nSPS) is 16.0. The second-order valence-electron chi connectivity index (χ2n) is 8.86. The van der Waals surface area contributed by atoms with Crippen LogP contribution in [0.2, 0.25) is 5.02 Å². The number of anilines is 1. The van der Waals surface area contributed by atoms with Crippen LogP contribution in [0.4, 0.5) is 5.69 Å². The van der Waals surface area contributed by atoms with E-state index >= 15 is 0 Å². The Morgan fingerprint density at radius 3 is 2.30 bits per heavy atom. The molecule has 0 saturated heterocycles. The Hall–Kier alpha value is -3.37. The summed E-state index contributed by atoms with van der Waals surface area (Å²) in [7, 11) is 0. The van der Waals surface area contributed by atoms with Crippen molar-refractivity contribution >= 4 is 34.7 Å². The molecule has 0 atom stereocenters. The molecule has 166 valence electrons. The molecule has 5 heteroatoms. The van der Waals surface area contributed by atoms with Crippen molar-refractivity contribution in [2.75, 3.05) is 11.4 Å². The summed E-state index contributed by atoms with van der Waals surface area (Å²) in [6.07, 6.45) is 0.831. The quantitative estimate of drug-likeness (QED) is 0.481. The Kier molecular flexibility index (Phi) is 5.34. The van der Waals surface area contributed by atoms with Gasteiger partial charge in [-0.05, 0) is 67.1 Å². The van der Waals surface area contributed by atoms with Gasteiger partial charge in [-0.2, -0.15) is 0 Å². The Labute approximate surface area is 199 Å². The molecule has 0 unspecified atom stereocenters. The number of nitrogens with zero attached hydrogens (tertiary/aromatic N) is 2. The van der Waals surface area contributed by atoms with Crippen molar-refractivity contribution in [3.63, 3.8) is 0 Å². The van der Waals surface area contributed by atoms with Crippen LogP contribution in [-0.4, -0.2) is 23.3 Å². The first kappa shape index (κ1) is 21.5. The van der Waals surface area contributed by atoms with Crippen LogP contribution in [0.5, 0.6) is 0 Å². The number of fused-ring (bicyclic) bond motifs is 1. The topological polar surface area (TPSA) is 40.6 Å². The number of carbonyl (C=O) groups is 2. The minimum atomic E-state index is -0.305. The van der Waals surface area contributed by atoms with Gasteiger partial charge in [-0.25, -0.2) is 4.90 Å². The van der Waals surface area contributed by atoms with Crippen LogP contribution < -0.4 is 4.90 Å². The number of rotatable bonds is 3. The summed E-state index contributed by atoms with van der Waals surface area (Å²) >= 11 is 6.35. The molecule has 0 N–H and O–H groups in total. The first-order valence-corrected chi connectivity index (χ1v) is 11.5. The maximum Gasteiger partial charge on any atom is 0.282 e. The molecule has 0 aliphatic carbocycles. The Bertz CT molecular complexity index is 1340. The van der Waals surface area contributed by atoms with Crippen LogP contribution in [0, 0.1) is 20.8 Å². The fourth-order valence-electron chi connectivity index (χ4n) is 4.79. The van der Waals surface area contributed by atoms with Gasteiger partial charge in [0, 0.05) is 18.1 Å². The molecule has 3 aromatic rings. The zero-order valence-corrected chi connectivity index (χ0v) is 19.7. The summed E-state index contributed by atoms with van der Waals surface area (Å²) in [6, 6.07) is 19.6. The monoisotopic (exact) mass is 456 g/mol. The van der Waals surface area contributed by atoms with Crippen molar-refractivity contribution in [2.45, 2.75) is 33.7 Å². The van der Waals surface area contributed by atoms with Gasteiger partial charge in [-0.15, -0.1) is 0 Å². The van der Waals surface area contributed by atoms with E-state index in [4.69, 9.17) is 11.6 Å². The highest BCUT2D eigenvalue weighted by Gasteiger charge is 2.43. The van der Waals surface area contributed by atoms with Crippen LogP contribution in [0.3, 0.4) is 0 Å². The van der Waals surface area contributed by atoms with E-state index < -0.39 is 0 Å². The van der Waals surface area contributed by atoms with Gasteiger partial charge in [0.05, 0.1) is 11.3 Å². The van der Waals surface area contributed by atoms with Gasteiger partial charge in [-0.1, -0.05) is 65.7 Å². The minimum absolute atomic E-state index is 0.297. The molecular weight excluding hydrogens is 432 g/mol. The average molecular weight is 457 g/mol. The number of imide groups is 1. The number of hydrogen-bond donors (Lipinski definition) is 0. The zero-order chi connectivity index (χ0) is 23.3. The van der Waals surface area contributed by atoms with Gasteiger partial charge >= 0.3 is 0 Å². The third-order valence-corrected chi connectivity index (χ3v) is 6.98. The van der Waals surface area contributed by atoms with Crippen molar-refractivity contribution in [3.05, 3.63) is 105 Å². The van der Waals surface area contributed by atoms with Crippen molar-refractivity contribution in [3.8, 4) is 0 Å². The maximum absolute atomic E-state index is 13.8. The predicted octanol–water partition coefficient (Wildman–Crippen LogP) is 5.61. The molecule has 5 rings (SSSR count). The highest BCUT2D eigenvalue weighted by molar-refractivity contribution is 6.45. The second-order valence-corrected chi connectivity index (χ2v) is 9.27. The number of hydrogen-bond acceptors (Lipinski definition) is 3. The van der Waals surface area contributed by atoms with E-state index in [2.05, 4.69) is 23.1 Å². The van der Waals surface area contributed by atoms with E-state index in [-0.39, 0.29) is 11.8 Å². The number of carbonyl (C=O) groups excluding carboxylic acids is 2. The summed E-state index contributed by atoms with van der Waals surface area (Å²) in [5.74, 6) is -0.602. The number of aryl methyl sites for hydroxylation is 3. The molecule has 0 aromatic heterocycles. The number of amides is 2. The van der Waals surface area contributed by atoms with Crippen LogP contribution in [0.1, 0.15) is 33.4 Å². The minimum Gasteiger partial charge on any atom is -0.362 e. The second kappa shape index (κ2) is 8.20. The molecule has 0 radical (unpaired) electrons.